The van der Waals surface area contributed by atoms with Crippen LogP contribution in [0.1, 0.15) is 43.1 Å². The van der Waals surface area contributed by atoms with Crippen molar-refractivity contribution in [2.24, 2.45) is 0 Å². The fourth-order valence-electron chi connectivity index (χ4n) is 2.47. The molecule has 84 valence electrons. The predicted molar refractivity (Wildman–Crippen MR) is 65.0 cm³/mol. The molecular weight excluding hydrogens is 222 g/mol. The molecule has 1 saturated carbocycles. The molecule has 0 spiro atoms. The molecule has 1 heterocycles. The van der Waals surface area contributed by atoms with E-state index in [1.54, 1.807) is 0 Å². The zero-order chi connectivity index (χ0) is 11.1. The van der Waals surface area contributed by atoms with Gasteiger partial charge in [0.1, 0.15) is 5.52 Å². The third-order valence-corrected chi connectivity index (χ3v) is 3.72. The van der Waals surface area contributed by atoms with Gasteiger partial charge in [0, 0.05) is 5.92 Å². The number of benzene rings is 1. The van der Waals surface area contributed by atoms with Crippen molar-refractivity contribution in [2.75, 3.05) is 0 Å². The fraction of sp³-hybridized carbons (Fsp3) is 0.462. The van der Waals surface area contributed by atoms with Gasteiger partial charge in [0.2, 0.25) is 0 Å². The molecule has 1 aliphatic rings. The van der Waals surface area contributed by atoms with Crippen molar-refractivity contribution in [2.45, 2.75) is 38.5 Å². The lowest BCUT2D eigenvalue weighted by Crippen LogP contribution is -1.91. The van der Waals surface area contributed by atoms with Gasteiger partial charge in [0.25, 0.3) is 0 Å². The molecule has 0 bridgehead atoms. The van der Waals surface area contributed by atoms with Crippen LogP contribution >= 0.6 is 11.6 Å². The highest BCUT2D eigenvalue weighted by molar-refractivity contribution is 6.34. The first kappa shape index (κ1) is 10.2. The maximum absolute atomic E-state index is 6.12. The number of nitrogens with zero attached hydrogens (tertiary/aromatic N) is 1. The maximum atomic E-state index is 6.12. The molecule has 2 nitrogen and oxygen atoms in total. The standard InChI is InChI=1S/C13H14ClNO/c1-8-6-7-10(14)12-11(8)15-13(16-12)9-4-2-3-5-9/h6-7,9H,2-5H2,1H3. The summed E-state index contributed by atoms with van der Waals surface area (Å²) in [5, 5.41) is 0.664. The summed E-state index contributed by atoms with van der Waals surface area (Å²) >= 11 is 6.12. The fourth-order valence-corrected chi connectivity index (χ4v) is 2.66. The third kappa shape index (κ3) is 1.52. The van der Waals surface area contributed by atoms with Gasteiger partial charge in [-0.1, -0.05) is 30.5 Å². The Morgan fingerprint density at radius 2 is 2.06 bits per heavy atom. The van der Waals surface area contributed by atoms with Gasteiger partial charge in [0.15, 0.2) is 11.5 Å². The van der Waals surface area contributed by atoms with E-state index >= 15 is 0 Å². The Bertz CT molecular complexity index is 487. The van der Waals surface area contributed by atoms with E-state index in [0.717, 1.165) is 22.6 Å². The van der Waals surface area contributed by atoms with Gasteiger partial charge in [-0.2, -0.15) is 0 Å². The molecule has 16 heavy (non-hydrogen) atoms. The van der Waals surface area contributed by atoms with E-state index in [1.807, 2.05) is 19.1 Å². The summed E-state index contributed by atoms with van der Waals surface area (Å²) < 4.78 is 5.82. The minimum Gasteiger partial charge on any atom is -0.439 e. The highest BCUT2D eigenvalue weighted by Crippen LogP contribution is 2.36. The molecule has 2 aromatic rings. The number of fused-ring (bicyclic) bond motifs is 1. The van der Waals surface area contributed by atoms with Crippen LogP contribution in [0, 0.1) is 6.92 Å². The summed E-state index contributed by atoms with van der Waals surface area (Å²) in [4.78, 5) is 4.60. The lowest BCUT2D eigenvalue weighted by Gasteiger charge is -2.00. The largest absolute Gasteiger partial charge is 0.439 e. The second kappa shape index (κ2) is 3.77. The average molecular weight is 236 g/mol. The van der Waals surface area contributed by atoms with E-state index in [0.29, 0.717) is 10.9 Å². The lowest BCUT2D eigenvalue weighted by atomic mass is 10.1. The van der Waals surface area contributed by atoms with Crippen molar-refractivity contribution in [3.63, 3.8) is 0 Å². The number of rotatable bonds is 1. The Balaban J connectivity index is 2.14. The zero-order valence-electron chi connectivity index (χ0n) is 9.29. The molecule has 1 aromatic heterocycles. The minimum atomic E-state index is 0.503. The molecular formula is C13H14ClNO. The van der Waals surface area contributed by atoms with Crippen LogP contribution in [0.3, 0.4) is 0 Å². The topological polar surface area (TPSA) is 26.0 Å². The van der Waals surface area contributed by atoms with Crippen molar-refractivity contribution >= 4 is 22.7 Å². The smallest absolute Gasteiger partial charge is 0.198 e. The number of hydrogen-bond donors (Lipinski definition) is 0. The van der Waals surface area contributed by atoms with Crippen molar-refractivity contribution in [3.8, 4) is 0 Å². The first-order valence-corrected chi connectivity index (χ1v) is 6.19. The van der Waals surface area contributed by atoms with Crippen LogP contribution in [-0.4, -0.2) is 4.98 Å². The van der Waals surface area contributed by atoms with Crippen LogP contribution in [-0.2, 0) is 0 Å². The van der Waals surface area contributed by atoms with Gasteiger partial charge in [-0.25, -0.2) is 4.98 Å². The Morgan fingerprint density at radius 3 is 2.75 bits per heavy atom. The van der Waals surface area contributed by atoms with Crippen molar-refractivity contribution < 1.29 is 4.42 Å². The van der Waals surface area contributed by atoms with Gasteiger partial charge in [0.05, 0.1) is 5.02 Å². The molecule has 3 heteroatoms. The number of oxazole rings is 1. The molecule has 3 rings (SSSR count). The number of hydrogen-bond acceptors (Lipinski definition) is 2. The average Bonchev–Trinajstić information content (AvgIpc) is 2.90. The molecule has 1 aromatic carbocycles. The van der Waals surface area contributed by atoms with Crippen LogP contribution in [0.4, 0.5) is 0 Å². The highest BCUT2D eigenvalue weighted by atomic mass is 35.5. The normalized spacial score (nSPS) is 17.4. The molecule has 0 amide bonds. The molecule has 0 radical (unpaired) electrons. The lowest BCUT2D eigenvalue weighted by molar-refractivity contribution is 0.474. The summed E-state index contributed by atoms with van der Waals surface area (Å²) in [6, 6.07) is 3.87. The highest BCUT2D eigenvalue weighted by Gasteiger charge is 2.23. The van der Waals surface area contributed by atoms with Crippen LogP contribution in [0.25, 0.3) is 11.1 Å². The quantitative estimate of drug-likeness (QED) is 0.730. The molecule has 0 saturated heterocycles. The summed E-state index contributed by atoms with van der Waals surface area (Å²) in [7, 11) is 0. The van der Waals surface area contributed by atoms with E-state index in [1.165, 1.54) is 25.7 Å². The van der Waals surface area contributed by atoms with E-state index < -0.39 is 0 Å². The van der Waals surface area contributed by atoms with Crippen LogP contribution in [0.5, 0.6) is 0 Å². The van der Waals surface area contributed by atoms with Gasteiger partial charge < -0.3 is 4.42 Å². The van der Waals surface area contributed by atoms with Crippen LogP contribution in [0.15, 0.2) is 16.5 Å². The minimum absolute atomic E-state index is 0.503. The van der Waals surface area contributed by atoms with E-state index in [-0.39, 0.29) is 0 Å². The van der Waals surface area contributed by atoms with Crippen LogP contribution in [0.2, 0.25) is 5.02 Å². The van der Waals surface area contributed by atoms with E-state index in [9.17, 15) is 0 Å². The van der Waals surface area contributed by atoms with Gasteiger partial charge in [-0.3, -0.25) is 0 Å². The SMILES string of the molecule is Cc1ccc(Cl)c2oc(C3CCCC3)nc12. The Kier molecular flexibility index (Phi) is 2.40. The predicted octanol–water partition coefficient (Wildman–Crippen LogP) is 4.45. The molecule has 1 aliphatic carbocycles. The molecule has 0 aliphatic heterocycles. The summed E-state index contributed by atoms with van der Waals surface area (Å²) in [5.74, 6) is 1.38. The summed E-state index contributed by atoms with van der Waals surface area (Å²) in [6.45, 7) is 2.04. The van der Waals surface area contributed by atoms with Gasteiger partial charge in [-0.15, -0.1) is 0 Å². The molecule has 1 fully saturated rings. The Hall–Kier alpha value is -1.02. The van der Waals surface area contributed by atoms with Crippen molar-refractivity contribution in [3.05, 3.63) is 28.6 Å². The number of aryl methyl sites for hydroxylation is 1. The number of aromatic nitrogens is 1. The van der Waals surface area contributed by atoms with Gasteiger partial charge in [-0.05, 0) is 31.4 Å². The second-order valence-electron chi connectivity index (χ2n) is 4.58. The molecule has 0 atom stereocenters. The Morgan fingerprint density at radius 1 is 1.31 bits per heavy atom. The summed E-state index contributed by atoms with van der Waals surface area (Å²) in [5.41, 5.74) is 2.81. The molecule has 0 unspecified atom stereocenters. The van der Waals surface area contributed by atoms with Crippen molar-refractivity contribution in [1.82, 2.24) is 4.98 Å². The van der Waals surface area contributed by atoms with E-state index in [2.05, 4.69) is 4.98 Å². The second-order valence-corrected chi connectivity index (χ2v) is 4.98. The number of halogens is 1. The van der Waals surface area contributed by atoms with E-state index in [4.69, 9.17) is 16.0 Å². The van der Waals surface area contributed by atoms with Gasteiger partial charge >= 0.3 is 0 Å². The van der Waals surface area contributed by atoms with Crippen LogP contribution < -0.4 is 0 Å². The maximum Gasteiger partial charge on any atom is 0.198 e. The third-order valence-electron chi connectivity index (χ3n) is 3.42. The monoisotopic (exact) mass is 235 g/mol. The molecule has 0 N–H and O–H groups in total. The first-order chi connectivity index (χ1) is 7.75. The summed E-state index contributed by atoms with van der Waals surface area (Å²) in [6.07, 6.45) is 4.97. The first-order valence-electron chi connectivity index (χ1n) is 5.81. The zero-order valence-corrected chi connectivity index (χ0v) is 10.0. The Labute approximate surface area is 99.6 Å². The van der Waals surface area contributed by atoms with Crippen molar-refractivity contribution in [1.29, 1.82) is 0 Å².